The molecular formula is C21H24N4O3. The Labute approximate surface area is 164 Å². The van der Waals surface area contributed by atoms with Crippen LogP contribution in [0, 0.1) is 0 Å². The van der Waals surface area contributed by atoms with E-state index in [1.807, 2.05) is 47.4 Å². The molecule has 0 aromatic heterocycles. The number of para-hydroxylation sites is 2. The second-order valence-electron chi connectivity index (χ2n) is 6.88. The molecule has 28 heavy (non-hydrogen) atoms. The van der Waals surface area contributed by atoms with E-state index in [4.69, 9.17) is 4.74 Å². The Morgan fingerprint density at radius 3 is 2.50 bits per heavy atom. The van der Waals surface area contributed by atoms with Gasteiger partial charge in [0, 0.05) is 50.5 Å². The topological polar surface area (TPSA) is 65.1 Å². The summed E-state index contributed by atoms with van der Waals surface area (Å²) in [5, 5.41) is 2.79. The van der Waals surface area contributed by atoms with Crippen LogP contribution in [0.1, 0.15) is 10.4 Å². The van der Waals surface area contributed by atoms with Crippen LogP contribution < -0.4 is 19.9 Å². The highest BCUT2D eigenvalue weighted by Gasteiger charge is 2.25. The minimum Gasteiger partial charge on any atom is -0.495 e. The number of carbonyl (C=O) groups excluding carboxylic acids is 2. The molecule has 4 rings (SSSR count). The number of urea groups is 1. The van der Waals surface area contributed by atoms with Crippen LogP contribution in [0.3, 0.4) is 0 Å². The SMILES string of the molecule is COc1ccccc1N1CCN(C(=O)c2cccc(N3CCNC3=O)c2)CC1. The summed E-state index contributed by atoms with van der Waals surface area (Å²) >= 11 is 0. The van der Waals surface area contributed by atoms with Gasteiger partial charge in [-0.2, -0.15) is 0 Å². The van der Waals surface area contributed by atoms with Gasteiger partial charge in [-0.15, -0.1) is 0 Å². The number of anilines is 2. The summed E-state index contributed by atoms with van der Waals surface area (Å²) in [6, 6.07) is 15.1. The van der Waals surface area contributed by atoms with Crippen LogP contribution in [0.15, 0.2) is 48.5 Å². The Morgan fingerprint density at radius 1 is 1.00 bits per heavy atom. The molecule has 0 radical (unpaired) electrons. The fraction of sp³-hybridized carbons (Fsp3) is 0.333. The summed E-state index contributed by atoms with van der Waals surface area (Å²) in [5.74, 6) is 0.847. The average Bonchev–Trinajstić information content (AvgIpc) is 3.19. The third-order valence-electron chi connectivity index (χ3n) is 5.25. The Balaban J connectivity index is 1.44. The third kappa shape index (κ3) is 3.47. The molecule has 3 amide bonds. The lowest BCUT2D eigenvalue weighted by Crippen LogP contribution is -2.48. The van der Waals surface area contributed by atoms with E-state index < -0.39 is 0 Å². The molecule has 7 nitrogen and oxygen atoms in total. The van der Waals surface area contributed by atoms with Gasteiger partial charge >= 0.3 is 6.03 Å². The largest absolute Gasteiger partial charge is 0.495 e. The number of nitrogens with zero attached hydrogens (tertiary/aromatic N) is 3. The van der Waals surface area contributed by atoms with Gasteiger partial charge in [0.15, 0.2) is 0 Å². The molecule has 1 N–H and O–H groups in total. The van der Waals surface area contributed by atoms with Gasteiger partial charge in [-0.25, -0.2) is 4.79 Å². The molecule has 0 aliphatic carbocycles. The van der Waals surface area contributed by atoms with E-state index in [9.17, 15) is 9.59 Å². The summed E-state index contributed by atoms with van der Waals surface area (Å²) in [5.41, 5.74) is 2.43. The van der Waals surface area contributed by atoms with Gasteiger partial charge in [-0.05, 0) is 30.3 Å². The standard InChI is InChI=1S/C21H24N4O3/c1-28-19-8-3-2-7-18(19)23-11-13-24(14-12-23)20(26)16-5-4-6-17(15-16)25-10-9-22-21(25)27/h2-8,15H,9-14H2,1H3,(H,22,27). The molecule has 2 heterocycles. The second-order valence-corrected chi connectivity index (χ2v) is 6.88. The molecule has 0 spiro atoms. The number of hydrogen-bond acceptors (Lipinski definition) is 4. The van der Waals surface area contributed by atoms with Crippen LogP contribution in [-0.4, -0.2) is 63.2 Å². The first kappa shape index (κ1) is 18.2. The van der Waals surface area contributed by atoms with Crippen molar-refractivity contribution in [1.29, 1.82) is 0 Å². The summed E-state index contributed by atoms with van der Waals surface area (Å²) in [6.07, 6.45) is 0. The Morgan fingerprint density at radius 2 is 1.79 bits per heavy atom. The molecule has 0 saturated carbocycles. The van der Waals surface area contributed by atoms with E-state index in [1.165, 1.54) is 0 Å². The highest BCUT2D eigenvalue weighted by molar-refractivity contribution is 5.98. The zero-order valence-electron chi connectivity index (χ0n) is 15.9. The zero-order valence-corrected chi connectivity index (χ0v) is 15.9. The van der Waals surface area contributed by atoms with Crippen molar-refractivity contribution in [2.24, 2.45) is 0 Å². The maximum Gasteiger partial charge on any atom is 0.321 e. The van der Waals surface area contributed by atoms with Gasteiger partial charge in [-0.1, -0.05) is 18.2 Å². The predicted octanol–water partition coefficient (Wildman–Crippen LogP) is 2.19. The highest BCUT2D eigenvalue weighted by Crippen LogP contribution is 2.28. The first-order valence-corrected chi connectivity index (χ1v) is 9.50. The highest BCUT2D eigenvalue weighted by atomic mass is 16.5. The number of rotatable bonds is 4. The number of amides is 3. The quantitative estimate of drug-likeness (QED) is 0.883. The van der Waals surface area contributed by atoms with Crippen LogP contribution in [0.4, 0.5) is 16.2 Å². The van der Waals surface area contributed by atoms with Crippen LogP contribution >= 0.6 is 0 Å². The van der Waals surface area contributed by atoms with Crippen molar-refractivity contribution in [2.75, 3.05) is 56.2 Å². The van der Waals surface area contributed by atoms with E-state index in [1.54, 1.807) is 18.1 Å². The van der Waals surface area contributed by atoms with Gasteiger partial charge < -0.3 is 19.9 Å². The molecule has 0 unspecified atom stereocenters. The maximum atomic E-state index is 13.0. The Bertz CT molecular complexity index is 877. The van der Waals surface area contributed by atoms with Crippen LogP contribution in [0.5, 0.6) is 5.75 Å². The van der Waals surface area contributed by atoms with Gasteiger partial charge in [0.25, 0.3) is 5.91 Å². The maximum absolute atomic E-state index is 13.0. The van der Waals surface area contributed by atoms with Crippen LogP contribution in [0.25, 0.3) is 0 Å². The Hall–Kier alpha value is -3.22. The normalized spacial score (nSPS) is 16.9. The van der Waals surface area contributed by atoms with Crippen molar-refractivity contribution >= 4 is 23.3 Å². The molecule has 2 fully saturated rings. The predicted molar refractivity (Wildman–Crippen MR) is 108 cm³/mol. The van der Waals surface area contributed by atoms with Gasteiger partial charge in [0.1, 0.15) is 5.75 Å². The van der Waals surface area contributed by atoms with E-state index in [0.717, 1.165) is 30.2 Å². The molecule has 0 bridgehead atoms. The third-order valence-corrected chi connectivity index (χ3v) is 5.25. The lowest BCUT2D eigenvalue weighted by atomic mass is 10.1. The molecule has 0 atom stereocenters. The van der Waals surface area contributed by atoms with Crippen molar-refractivity contribution in [3.05, 3.63) is 54.1 Å². The summed E-state index contributed by atoms with van der Waals surface area (Å²) in [4.78, 5) is 30.6. The first-order chi connectivity index (χ1) is 13.7. The molecule has 2 aromatic carbocycles. The van der Waals surface area contributed by atoms with Crippen LogP contribution in [0.2, 0.25) is 0 Å². The van der Waals surface area contributed by atoms with E-state index in [-0.39, 0.29) is 11.9 Å². The van der Waals surface area contributed by atoms with Gasteiger partial charge in [0.05, 0.1) is 12.8 Å². The summed E-state index contributed by atoms with van der Waals surface area (Å²) in [6.45, 7) is 4.03. The van der Waals surface area contributed by atoms with E-state index >= 15 is 0 Å². The number of carbonyl (C=O) groups is 2. The minimum absolute atomic E-state index is 0.00105. The van der Waals surface area contributed by atoms with Gasteiger partial charge in [-0.3, -0.25) is 9.69 Å². The molecule has 2 aliphatic rings. The van der Waals surface area contributed by atoms with E-state index in [2.05, 4.69) is 10.2 Å². The van der Waals surface area contributed by atoms with Crippen molar-refractivity contribution < 1.29 is 14.3 Å². The van der Waals surface area contributed by atoms with Crippen molar-refractivity contribution in [3.8, 4) is 5.75 Å². The van der Waals surface area contributed by atoms with Crippen molar-refractivity contribution in [2.45, 2.75) is 0 Å². The summed E-state index contributed by atoms with van der Waals surface area (Å²) in [7, 11) is 1.67. The van der Waals surface area contributed by atoms with Gasteiger partial charge in [0.2, 0.25) is 0 Å². The van der Waals surface area contributed by atoms with E-state index in [0.29, 0.717) is 31.7 Å². The second kappa shape index (κ2) is 7.80. The molecule has 146 valence electrons. The van der Waals surface area contributed by atoms with Crippen molar-refractivity contribution in [1.82, 2.24) is 10.2 Å². The minimum atomic E-state index is -0.116. The number of benzene rings is 2. The number of nitrogens with one attached hydrogen (secondary N) is 1. The van der Waals surface area contributed by atoms with Crippen molar-refractivity contribution in [3.63, 3.8) is 0 Å². The molecule has 2 saturated heterocycles. The summed E-state index contributed by atoms with van der Waals surface area (Å²) < 4.78 is 5.45. The lowest BCUT2D eigenvalue weighted by molar-refractivity contribution is 0.0746. The number of methoxy groups -OCH3 is 1. The fourth-order valence-corrected chi connectivity index (χ4v) is 3.75. The first-order valence-electron chi connectivity index (χ1n) is 9.50. The zero-order chi connectivity index (χ0) is 19.5. The number of hydrogen-bond donors (Lipinski definition) is 1. The monoisotopic (exact) mass is 380 g/mol. The smallest absolute Gasteiger partial charge is 0.321 e. The Kier molecular flexibility index (Phi) is 5.06. The average molecular weight is 380 g/mol. The molecule has 2 aliphatic heterocycles. The molecular weight excluding hydrogens is 356 g/mol. The molecule has 2 aromatic rings. The molecule has 7 heteroatoms. The number of ether oxygens (including phenoxy) is 1. The van der Waals surface area contributed by atoms with Crippen LogP contribution in [-0.2, 0) is 0 Å². The number of piperazine rings is 1. The lowest BCUT2D eigenvalue weighted by Gasteiger charge is -2.36. The fourth-order valence-electron chi connectivity index (χ4n) is 3.75.